The van der Waals surface area contributed by atoms with Gasteiger partial charge in [-0.15, -0.1) is 0 Å². The van der Waals surface area contributed by atoms with E-state index in [1.807, 2.05) is 9.80 Å². The number of carbonyl (C=O) groups excluding carboxylic acids is 2. The van der Waals surface area contributed by atoms with E-state index in [9.17, 15) is 9.59 Å². The molecule has 0 radical (unpaired) electrons. The number of ether oxygens (including phenoxy) is 1. The number of methoxy groups -OCH3 is 1. The zero-order valence-corrected chi connectivity index (χ0v) is 15.2. The van der Waals surface area contributed by atoms with E-state index in [1.54, 1.807) is 25.4 Å². The van der Waals surface area contributed by atoms with E-state index < -0.39 is 11.3 Å². The third-order valence-electron chi connectivity index (χ3n) is 5.35. The molecule has 3 heterocycles. The Morgan fingerprint density at radius 2 is 1.96 bits per heavy atom. The molecule has 2 aliphatic rings. The van der Waals surface area contributed by atoms with E-state index in [0.717, 1.165) is 25.9 Å². The molecule has 0 saturated carbocycles. The molecule has 1 aromatic heterocycles. The van der Waals surface area contributed by atoms with E-state index in [0.29, 0.717) is 44.2 Å². The van der Waals surface area contributed by atoms with Crippen LogP contribution in [0.5, 0.6) is 0 Å². The quantitative estimate of drug-likeness (QED) is 0.756. The van der Waals surface area contributed by atoms with Crippen LogP contribution in [0.4, 0.5) is 5.82 Å². The van der Waals surface area contributed by atoms with Crippen LogP contribution in [0.25, 0.3) is 0 Å². The van der Waals surface area contributed by atoms with Gasteiger partial charge in [-0.05, 0) is 38.1 Å². The zero-order chi connectivity index (χ0) is 18.6. The highest BCUT2D eigenvalue weighted by atomic mass is 16.5. The molecule has 3 rings (SSSR count). The highest BCUT2D eigenvalue weighted by Crippen LogP contribution is 2.32. The number of rotatable bonds is 5. The van der Waals surface area contributed by atoms with Crippen LogP contribution in [0.3, 0.4) is 0 Å². The number of anilines is 1. The lowest BCUT2D eigenvalue weighted by Crippen LogP contribution is -2.56. The van der Waals surface area contributed by atoms with Gasteiger partial charge in [-0.1, -0.05) is 0 Å². The van der Waals surface area contributed by atoms with Gasteiger partial charge in [0, 0.05) is 39.5 Å². The highest BCUT2D eigenvalue weighted by Gasteiger charge is 2.43. The SMILES string of the molecule is COCC1(C(=O)N2CCN(c3ncccc3C(N)=O)CC2)CCNCC1. The molecule has 8 heteroatoms. The second kappa shape index (κ2) is 8.01. The summed E-state index contributed by atoms with van der Waals surface area (Å²) in [7, 11) is 1.65. The van der Waals surface area contributed by atoms with Crippen molar-refractivity contribution in [3.05, 3.63) is 23.9 Å². The fourth-order valence-electron chi connectivity index (χ4n) is 3.90. The minimum atomic E-state index is -0.486. The lowest BCUT2D eigenvalue weighted by molar-refractivity contribution is -0.147. The lowest BCUT2D eigenvalue weighted by atomic mass is 9.78. The molecule has 3 N–H and O–H groups in total. The number of primary amides is 1. The predicted octanol–water partition coefficient (Wildman–Crippen LogP) is -0.155. The minimum Gasteiger partial charge on any atom is -0.384 e. The van der Waals surface area contributed by atoms with Crippen molar-refractivity contribution in [3.8, 4) is 0 Å². The Morgan fingerprint density at radius 3 is 2.58 bits per heavy atom. The van der Waals surface area contributed by atoms with Crippen LogP contribution in [0, 0.1) is 5.41 Å². The van der Waals surface area contributed by atoms with Gasteiger partial charge in [0.2, 0.25) is 5.91 Å². The van der Waals surface area contributed by atoms with Crippen LogP contribution in [-0.4, -0.2) is 74.7 Å². The molecule has 0 aromatic carbocycles. The van der Waals surface area contributed by atoms with Crippen molar-refractivity contribution in [1.82, 2.24) is 15.2 Å². The first-order valence-electron chi connectivity index (χ1n) is 9.06. The summed E-state index contributed by atoms with van der Waals surface area (Å²) in [5.74, 6) is 0.289. The number of carbonyl (C=O) groups is 2. The first-order valence-corrected chi connectivity index (χ1v) is 9.06. The zero-order valence-electron chi connectivity index (χ0n) is 15.2. The fraction of sp³-hybridized carbons (Fsp3) is 0.611. The van der Waals surface area contributed by atoms with Gasteiger partial charge in [0.1, 0.15) is 5.82 Å². The lowest BCUT2D eigenvalue weighted by Gasteiger charge is -2.43. The molecule has 2 amide bonds. The van der Waals surface area contributed by atoms with E-state index in [-0.39, 0.29) is 5.91 Å². The summed E-state index contributed by atoms with van der Waals surface area (Å²) in [6.07, 6.45) is 3.25. The molecule has 26 heavy (non-hydrogen) atoms. The van der Waals surface area contributed by atoms with Crippen LogP contribution >= 0.6 is 0 Å². The van der Waals surface area contributed by atoms with Gasteiger partial charge in [-0.2, -0.15) is 0 Å². The molecular weight excluding hydrogens is 334 g/mol. The Hall–Kier alpha value is -2.19. The van der Waals surface area contributed by atoms with E-state index >= 15 is 0 Å². The summed E-state index contributed by atoms with van der Waals surface area (Å²) in [5.41, 5.74) is 5.45. The number of hydrogen-bond acceptors (Lipinski definition) is 6. The largest absolute Gasteiger partial charge is 0.384 e. The van der Waals surface area contributed by atoms with Crippen LogP contribution in [0.2, 0.25) is 0 Å². The molecule has 1 aromatic rings. The van der Waals surface area contributed by atoms with Crippen molar-refractivity contribution in [2.45, 2.75) is 12.8 Å². The van der Waals surface area contributed by atoms with Crippen molar-refractivity contribution in [2.24, 2.45) is 11.1 Å². The molecule has 0 unspecified atom stereocenters. The van der Waals surface area contributed by atoms with Crippen LogP contribution < -0.4 is 16.0 Å². The van der Waals surface area contributed by atoms with Crippen molar-refractivity contribution >= 4 is 17.6 Å². The van der Waals surface area contributed by atoms with Crippen molar-refractivity contribution in [2.75, 3.05) is 57.9 Å². The van der Waals surface area contributed by atoms with E-state index in [2.05, 4.69) is 10.3 Å². The summed E-state index contributed by atoms with van der Waals surface area (Å²) in [4.78, 5) is 33.1. The molecule has 8 nitrogen and oxygen atoms in total. The number of nitrogens with zero attached hydrogens (tertiary/aromatic N) is 3. The molecule has 0 spiro atoms. The molecule has 2 aliphatic heterocycles. The second-order valence-corrected chi connectivity index (χ2v) is 6.98. The van der Waals surface area contributed by atoms with Gasteiger partial charge in [0.15, 0.2) is 0 Å². The maximum Gasteiger partial charge on any atom is 0.252 e. The second-order valence-electron chi connectivity index (χ2n) is 6.98. The van der Waals surface area contributed by atoms with E-state index in [4.69, 9.17) is 10.5 Å². The van der Waals surface area contributed by atoms with Gasteiger partial charge in [0.05, 0.1) is 17.6 Å². The van der Waals surface area contributed by atoms with E-state index in [1.165, 1.54) is 0 Å². The third kappa shape index (κ3) is 3.66. The molecular formula is C18H27N5O3. The third-order valence-corrected chi connectivity index (χ3v) is 5.35. The fourth-order valence-corrected chi connectivity index (χ4v) is 3.90. The number of nitrogens with one attached hydrogen (secondary N) is 1. The standard InChI is InChI=1S/C18H27N5O3/c1-26-13-18(4-7-20-8-5-18)17(25)23-11-9-22(10-12-23)16-14(15(19)24)3-2-6-21-16/h2-3,6,20H,4-5,7-13H2,1H3,(H2,19,24). The highest BCUT2D eigenvalue weighted by molar-refractivity contribution is 5.97. The number of aromatic nitrogens is 1. The summed E-state index contributed by atoms with van der Waals surface area (Å²) >= 11 is 0. The van der Waals surface area contributed by atoms with Crippen molar-refractivity contribution < 1.29 is 14.3 Å². The van der Waals surface area contributed by atoms with Crippen molar-refractivity contribution in [1.29, 1.82) is 0 Å². The van der Waals surface area contributed by atoms with Gasteiger partial charge in [-0.25, -0.2) is 4.98 Å². The number of nitrogens with two attached hydrogens (primary N) is 1. The average molecular weight is 361 g/mol. The molecule has 2 saturated heterocycles. The first kappa shape index (κ1) is 18.6. The maximum absolute atomic E-state index is 13.2. The monoisotopic (exact) mass is 361 g/mol. The van der Waals surface area contributed by atoms with Crippen molar-refractivity contribution in [3.63, 3.8) is 0 Å². The number of piperidine rings is 1. The molecule has 0 aliphatic carbocycles. The Balaban J connectivity index is 1.68. The summed E-state index contributed by atoms with van der Waals surface area (Å²) in [5, 5.41) is 3.31. The number of pyridine rings is 1. The number of hydrogen-bond donors (Lipinski definition) is 2. The summed E-state index contributed by atoms with van der Waals surface area (Å²) < 4.78 is 5.38. The Morgan fingerprint density at radius 1 is 1.27 bits per heavy atom. The van der Waals surface area contributed by atoms with Gasteiger partial charge in [-0.3, -0.25) is 9.59 Å². The molecule has 2 fully saturated rings. The minimum absolute atomic E-state index is 0.177. The topological polar surface area (TPSA) is 101 Å². The smallest absolute Gasteiger partial charge is 0.252 e. The molecule has 0 bridgehead atoms. The first-order chi connectivity index (χ1) is 12.6. The predicted molar refractivity (Wildman–Crippen MR) is 98.0 cm³/mol. The molecule has 0 atom stereocenters. The van der Waals surface area contributed by atoms with Crippen LogP contribution in [0.15, 0.2) is 18.3 Å². The summed E-state index contributed by atoms with van der Waals surface area (Å²) in [6.45, 7) is 4.60. The van der Waals surface area contributed by atoms with Crippen LogP contribution in [-0.2, 0) is 9.53 Å². The number of amides is 2. The Kier molecular flexibility index (Phi) is 5.73. The molecule has 142 valence electrons. The van der Waals surface area contributed by atoms with Gasteiger partial charge >= 0.3 is 0 Å². The Labute approximate surface area is 153 Å². The van der Waals surface area contributed by atoms with Crippen LogP contribution in [0.1, 0.15) is 23.2 Å². The van der Waals surface area contributed by atoms with Gasteiger partial charge in [0.25, 0.3) is 5.91 Å². The van der Waals surface area contributed by atoms with Gasteiger partial charge < -0.3 is 25.6 Å². The maximum atomic E-state index is 13.2. The average Bonchev–Trinajstić information content (AvgIpc) is 2.68. The normalized spacial score (nSPS) is 20.0. The Bertz CT molecular complexity index is 646. The number of piperazine rings is 1. The summed E-state index contributed by atoms with van der Waals surface area (Å²) in [6, 6.07) is 3.39.